The van der Waals surface area contributed by atoms with Crippen molar-refractivity contribution in [3.05, 3.63) is 12.7 Å². The summed E-state index contributed by atoms with van der Waals surface area (Å²) in [6.07, 6.45) is 4.44. The molecule has 0 radical (unpaired) electrons. The molecule has 14 heavy (non-hydrogen) atoms. The zero-order chi connectivity index (χ0) is 10.4. The predicted octanol–water partition coefficient (Wildman–Crippen LogP) is 1.88. The highest BCUT2D eigenvalue weighted by atomic mass is 15.1. The Balaban J connectivity index is 2.27. The Morgan fingerprint density at radius 2 is 2.36 bits per heavy atom. The smallest absolute Gasteiger partial charge is 0.0117 e. The van der Waals surface area contributed by atoms with E-state index in [9.17, 15) is 0 Å². The van der Waals surface area contributed by atoms with Gasteiger partial charge >= 0.3 is 0 Å². The maximum absolute atomic E-state index is 3.77. The normalized spacial score (nSPS) is 29.0. The highest BCUT2D eigenvalue weighted by Crippen LogP contribution is 2.16. The number of hydrogen-bond donors (Lipinski definition) is 1. The van der Waals surface area contributed by atoms with Gasteiger partial charge in [0, 0.05) is 19.1 Å². The van der Waals surface area contributed by atoms with Gasteiger partial charge in [0.25, 0.3) is 0 Å². The molecule has 0 aliphatic carbocycles. The zero-order valence-corrected chi connectivity index (χ0v) is 9.63. The maximum atomic E-state index is 3.77. The largest absolute Gasteiger partial charge is 0.314 e. The van der Waals surface area contributed by atoms with Crippen molar-refractivity contribution in [2.24, 2.45) is 5.92 Å². The summed E-state index contributed by atoms with van der Waals surface area (Å²) in [5.41, 5.74) is 0. The van der Waals surface area contributed by atoms with E-state index in [2.05, 4.69) is 30.6 Å². The lowest BCUT2D eigenvalue weighted by molar-refractivity contribution is 0.150. The number of likely N-dealkylation sites (tertiary alicyclic amines) is 1. The van der Waals surface area contributed by atoms with Crippen LogP contribution in [0, 0.1) is 5.92 Å². The Labute approximate surface area is 88.4 Å². The Bertz CT molecular complexity index is 168. The summed E-state index contributed by atoms with van der Waals surface area (Å²) in [6.45, 7) is 13.1. The quantitative estimate of drug-likeness (QED) is 0.675. The lowest BCUT2D eigenvalue weighted by Crippen LogP contribution is -2.48. The second-order valence-corrected chi connectivity index (χ2v) is 4.31. The van der Waals surface area contributed by atoms with Crippen molar-refractivity contribution < 1.29 is 0 Å². The van der Waals surface area contributed by atoms with Crippen LogP contribution in [0.5, 0.6) is 0 Å². The van der Waals surface area contributed by atoms with Gasteiger partial charge in [0.1, 0.15) is 0 Å². The monoisotopic (exact) mass is 196 g/mol. The van der Waals surface area contributed by atoms with Gasteiger partial charge in [0.05, 0.1) is 0 Å². The molecule has 0 saturated carbocycles. The van der Waals surface area contributed by atoms with Crippen molar-refractivity contribution in [2.45, 2.75) is 32.7 Å². The van der Waals surface area contributed by atoms with E-state index in [0.29, 0.717) is 0 Å². The number of nitrogens with one attached hydrogen (secondary N) is 1. The Morgan fingerprint density at radius 3 is 2.93 bits per heavy atom. The summed E-state index contributed by atoms with van der Waals surface area (Å²) < 4.78 is 0. The van der Waals surface area contributed by atoms with E-state index in [0.717, 1.165) is 24.9 Å². The van der Waals surface area contributed by atoms with Gasteiger partial charge < -0.3 is 10.2 Å². The third kappa shape index (κ3) is 3.43. The first-order valence-electron chi connectivity index (χ1n) is 5.84. The fraction of sp³-hybridized carbons (Fsp3) is 0.833. The molecule has 1 fully saturated rings. The predicted molar refractivity (Wildman–Crippen MR) is 62.5 cm³/mol. The minimum Gasteiger partial charge on any atom is -0.314 e. The van der Waals surface area contributed by atoms with Gasteiger partial charge in [-0.25, -0.2) is 0 Å². The maximum Gasteiger partial charge on any atom is 0.0117 e. The zero-order valence-electron chi connectivity index (χ0n) is 9.63. The van der Waals surface area contributed by atoms with E-state index in [1.165, 1.54) is 26.1 Å². The molecule has 1 N–H and O–H groups in total. The molecule has 0 spiro atoms. The van der Waals surface area contributed by atoms with Gasteiger partial charge in [0.2, 0.25) is 0 Å². The molecule has 1 aliphatic heterocycles. The van der Waals surface area contributed by atoms with Crippen LogP contribution in [0.3, 0.4) is 0 Å². The van der Waals surface area contributed by atoms with Crippen LogP contribution in [0.1, 0.15) is 26.7 Å². The second kappa shape index (κ2) is 6.20. The Morgan fingerprint density at radius 1 is 1.57 bits per heavy atom. The third-order valence-corrected chi connectivity index (χ3v) is 3.11. The summed E-state index contributed by atoms with van der Waals surface area (Å²) >= 11 is 0. The van der Waals surface area contributed by atoms with Crippen LogP contribution < -0.4 is 5.32 Å². The molecule has 0 aromatic heterocycles. The van der Waals surface area contributed by atoms with Gasteiger partial charge in [-0.3, -0.25) is 0 Å². The number of piperidine rings is 1. The molecule has 0 amide bonds. The van der Waals surface area contributed by atoms with Crippen molar-refractivity contribution in [3.8, 4) is 0 Å². The molecule has 2 heteroatoms. The van der Waals surface area contributed by atoms with Crippen molar-refractivity contribution in [1.82, 2.24) is 10.2 Å². The fourth-order valence-electron chi connectivity index (χ4n) is 2.27. The lowest BCUT2D eigenvalue weighted by atomic mass is 9.94. The molecular formula is C12H24N2. The second-order valence-electron chi connectivity index (χ2n) is 4.31. The minimum absolute atomic E-state index is 0.736. The number of nitrogens with zero attached hydrogens (tertiary/aromatic N) is 1. The first-order chi connectivity index (χ1) is 6.77. The van der Waals surface area contributed by atoms with Gasteiger partial charge in [-0.2, -0.15) is 0 Å². The van der Waals surface area contributed by atoms with Crippen molar-refractivity contribution >= 4 is 0 Å². The van der Waals surface area contributed by atoms with Crippen molar-refractivity contribution in [3.63, 3.8) is 0 Å². The van der Waals surface area contributed by atoms with Crippen molar-refractivity contribution in [1.29, 1.82) is 0 Å². The molecule has 0 aromatic rings. The first-order valence-corrected chi connectivity index (χ1v) is 5.84. The standard InChI is InChI=1S/C12H24N2/c1-4-6-8-14-9-7-12(13-5-2)11(3)10-14/h4,11-13H,1,5-10H2,2-3H3. The molecule has 0 aromatic carbocycles. The minimum atomic E-state index is 0.736. The first kappa shape index (κ1) is 11.7. The SMILES string of the molecule is C=CCCN1CCC(NCC)C(C)C1. The molecule has 2 nitrogen and oxygen atoms in total. The highest BCUT2D eigenvalue weighted by Gasteiger charge is 2.24. The summed E-state index contributed by atoms with van der Waals surface area (Å²) in [7, 11) is 0. The van der Waals surface area contributed by atoms with E-state index < -0.39 is 0 Å². The molecule has 1 heterocycles. The number of hydrogen-bond acceptors (Lipinski definition) is 2. The molecule has 0 bridgehead atoms. The summed E-state index contributed by atoms with van der Waals surface area (Å²) in [4.78, 5) is 2.56. The average molecular weight is 196 g/mol. The third-order valence-electron chi connectivity index (χ3n) is 3.11. The van der Waals surface area contributed by atoms with Gasteiger partial charge in [-0.05, 0) is 31.8 Å². The van der Waals surface area contributed by atoms with E-state index in [-0.39, 0.29) is 0 Å². The summed E-state index contributed by atoms with van der Waals surface area (Å²) in [6, 6.07) is 0.736. The fourth-order valence-corrected chi connectivity index (χ4v) is 2.27. The van der Waals surface area contributed by atoms with Crippen LogP contribution in [0.2, 0.25) is 0 Å². The van der Waals surface area contributed by atoms with Crippen LogP contribution >= 0.6 is 0 Å². The van der Waals surface area contributed by atoms with Crippen LogP contribution in [-0.2, 0) is 0 Å². The topological polar surface area (TPSA) is 15.3 Å². The van der Waals surface area contributed by atoms with Gasteiger partial charge in [-0.15, -0.1) is 6.58 Å². The Kier molecular flexibility index (Phi) is 5.20. The molecular weight excluding hydrogens is 172 g/mol. The van der Waals surface area contributed by atoms with E-state index in [1.807, 2.05) is 6.08 Å². The molecule has 1 aliphatic rings. The Hall–Kier alpha value is -0.340. The van der Waals surface area contributed by atoms with Crippen LogP contribution in [-0.4, -0.2) is 37.1 Å². The van der Waals surface area contributed by atoms with Crippen LogP contribution in [0.4, 0.5) is 0 Å². The lowest BCUT2D eigenvalue weighted by Gasteiger charge is -2.37. The van der Waals surface area contributed by atoms with Gasteiger partial charge in [-0.1, -0.05) is 19.9 Å². The van der Waals surface area contributed by atoms with E-state index in [4.69, 9.17) is 0 Å². The molecule has 82 valence electrons. The molecule has 1 saturated heterocycles. The average Bonchev–Trinajstić information content (AvgIpc) is 2.19. The highest BCUT2D eigenvalue weighted by molar-refractivity contribution is 4.83. The van der Waals surface area contributed by atoms with Crippen LogP contribution in [0.25, 0.3) is 0 Å². The van der Waals surface area contributed by atoms with E-state index in [1.54, 1.807) is 0 Å². The molecule has 2 unspecified atom stereocenters. The van der Waals surface area contributed by atoms with E-state index >= 15 is 0 Å². The van der Waals surface area contributed by atoms with Crippen LogP contribution in [0.15, 0.2) is 12.7 Å². The molecule has 2 atom stereocenters. The summed E-state index contributed by atoms with van der Waals surface area (Å²) in [5.74, 6) is 0.786. The van der Waals surface area contributed by atoms with Gasteiger partial charge in [0.15, 0.2) is 0 Å². The van der Waals surface area contributed by atoms with Crippen molar-refractivity contribution in [2.75, 3.05) is 26.2 Å². The molecule has 1 rings (SSSR count). The number of rotatable bonds is 5. The summed E-state index contributed by atoms with van der Waals surface area (Å²) in [5, 5.41) is 3.56.